The molecule has 3 amide bonds. The summed E-state index contributed by atoms with van der Waals surface area (Å²) in [5.41, 5.74) is 0. The third-order valence-corrected chi connectivity index (χ3v) is 10.3. The fourth-order valence-electron chi connectivity index (χ4n) is 6.94. The van der Waals surface area contributed by atoms with Gasteiger partial charge in [0.05, 0.1) is 24.1 Å². The Kier molecular flexibility index (Phi) is 5.97. The van der Waals surface area contributed by atoms with Crippen molar-refractivity contribution in [2.24, 2.45) is 11.8 Å². The monoisotopic (exact) mass is 522 g/mol. The average Bonchev–Trinajstić information content (AvgIpc) is 3.23. The Morgan fingerprint density at radius 3 is 2.62 bits per heavy atom. The molecule has 1 aromatic heterocycles. The van der Waals surface area contributed by atoms with Crippen LogP contribution in [0.2, 0.25) is 0 Å². The zero-order valence-electron chi connectivity index (χ0n) is 20.9. The zero-order chi connectivity index (χ0) is 25.1. The molecule has 7 rings (SSSR count). The summed E-state index contributed by atoms with van der Waals surface area (Å²) in [6.45, 7) is 3.39. The highest BCUT2D eigenvalue weighted by atomic mass is 32.1. The van der Waals surface area contributed by atoms with Crippen LogP contribution in [0.4, 0.5) is 0 Å². The van der Waals surface area contributed by atoms with Gasteiger partial charge in [0.25, 0.3) is 5.91 Å². The molecule has 196 valence electrons. The predicted octanol–water partition coefficient (Wildman–Crippen LogP) is 2.38. The maximum atomic E-state index is 13.9. The summed E-state index contributed by atoms with van der Waals surface area (Å²) in [5.74, 6) is 0.781. The maximum Gasteiger partial charge on any atom is 0.262 e. The summed E-state index contributed by atoms with van der Waals surface area (Å²) in [6, 6.07) is 9.50. The van der Waals surface area contributed by atoms with E-state index in [0.717, 1.165) is 62.1 Å². The number of ether oxygens (including phenoxy) is 1. The number of likely N-dealkylation sites (tertiary alicyclic amines) is 1. The van der Waals surface area contributed by atoms with Crippen LogP contribution in [-0.4, -0.2) is 84.0 Å². The molecule has 4 aliphatic heterocycles. The first kappa shape index (κ1) is 23.6. The second-order valence-electron chi connectivity index (χ2n) is 11.6. The normalized spacial score (nSPS) is 33.8. The molecule has 1 saturated carbocycles. The van der Waals surface area contributed by atoms with Crippen LogP contribution < -0.4 is 10.6 Å². The van der Waals surface area contributed by atoms with E-state index >= 15 is 0 Å². The minimum absolute atomic E-state index is 0.0323. The molecule has 0 radical (unpaired) electrons. The summed E-state index contributed by atoms with van der Waals surface area (Å²) < 4.78 is 6.39. The van der Waals surface area contributed by atoms with Gasteiger partial charge in [-0.05, 0) is 67.9 Å². The summed E-state index contributed by atoms with van der Waals surface area (Å²) >= 11 is 1.45. The van der Waals surface area contributed by atoms with Crippen molar-refractivity contribution < 1.29 is 19.1 Å². The van der Waals surface area contributed by atoms with Gasteiger partial charge < -0.3 is 20.3 Å². The summed E-state index contributed by atoms with van der Waals surface area (Å²) in [4.78, 5) is 45.5. The number of rotatable bonds is 5. The quantitative estimate of drug-likeness (QED) is 0.629. The van der Waals surface area contributed by atoms with E-state index in [1.165, 1.54) is 11.3 Å². The van der Waals surface area contributed by atoms with Crippen molar-refractivity contribution in [2.45, 2.75) is 68.7 Å². The van der Waals surface area contributed by atoms with Gasteiger partial charge in [-0.2, -0.15) is 0 Å². The molecule has 9 heteroatoms. The van der Waals surface area contributed by atoms with Gasteiger partial charge >= 0.3 is 0 Å². The number of carbonyl (C=O) groups is 3. The molecule has 1 aromatic carbocycles. The number of carbonyl (C=O) groups excluding carboxylic acids is 3. The number of hydrogen-bond donors (Lipinski definition) is 2. The highest BCUT2D eigenvalue weighted by molar-refractivity contribution is 7.20. The fourth-order valence-corrected chi connectivity index (χ4v) is 7.90. The van der Waals surface area contributed by atoms with E-state index in [1.807, 2.05) is 35.2 Å². The highest BCUT2D eigenvalue weighted by Gasteiger charge is 2.51. The van der Waals surface area contributed by atoms with Gasteiger partial charge in [0.2, 0.25) is 11.8 Å². The molecule has 5 heterocycles. The Morgan fingerprint density at radius 2 is 1.81 bits per heavy atom. The topological polar surface area (TPSA) is 91.0 Å². The van der Waals surface area contributed by atoms with Crippen molar-refractivity contribution in [1.29, 1.82) is 0 Å². The van der Waals surface area contributed by atoms with Gasteiger partial charge in [0.15, 0.2) is 0 Å². The molecule has 0 bridgehead atoms. The van der Waals surface area contributed by atoms with E-state index < -0.39 is 12.1 Å². The molecular weight excluding hydrogens is 488 g/mol. The van der Waals surface area contributed by atoms with E-state index in [0.29, 0.717) is 35.6 Å². The molecule has 4 saturated heterocycles. The third kappa shape index (κ3) is 4.45. The van der Waals surface area contributed by atoms with E-state index in [9.17, 15) is 14.4 Å². The van der Waals surface area contributed by atoms with E-state index in [1.54, 1.807) is 0 Å². The molecule has 5 fully saturated rings. The van der Waals surface area contributed by atoms with E-state index in [4.69, 9.17) is 4.74 Å². The Balaban J connectivity index is 1.06. The minimum Gasteiger partial charge on any atom is -0.378 e. The lowest BCUT2D eigenvalue weighted by Gasteiger charge is -2.36. The molecule has 2 aromatic rings. The van der Waals surface area contributed by atoms with Crippen LogP contribution in [0.5, 0.6) is 0 Å². The minimum atomic E-state index is -0.579. The Morgan fingerprint density at radius 1 is 0.973 bits per heavy atom. The lowest BCUT2D eigenvalue weighted by molar-refractivity contribution is -0.143. The maximum absolute atomic E-state index is 13.9. The largest absolute Gasteiger partial charge is 0.378 e. The molecular formula is C28H34N4O4S. The second-order valence-corrected chi connectivity index (χ2v) is 12.7. The number of benzene rings is 1. The van der Waals surface area contributed by atoms with Gasteiger partial charge in [-0.15, -0.1) is 11.3 Å². The van der Waals surface area contributed by atoms with Crippen molar-refractivity contribution in [3.8, 4) is 0 Å². The van der Waals surface area contributed by atoms with Gasteiger partial charge in [-0.1, -0.05) is 18.2 Å². The Labute approximate surface area is 220 Å². The Hall–Kier alpha value is -2.49. The summed E-state index contributed by atoms with van der Waals surface area (Å²) in [6.07, 6.45) is 5.26. The number of amides is 3. The molecule has 8 nitrogen and oxygen atoms in total. The first-order chi connectivity index (χ1) is 18.0. The van der Waals surface area contributed by atoms with Crippen LogP contribution >= 0.6 is 11.3 Å². The molecule has 6 atom stereocenters. The Bertz CT molecular complexity index is 1190. The van der Waals surface area contributed by atoms with Crippen molar-refractivity contribution in [3.05, 3.63) is 35.2 Å². The van der Waals surface area contributed by atoms with Crippen LogP contribution in [0.3, 0.4) is 0 Å². The highest BCUT2D eigenvalue weighted by Crippen LogP contribution is 2.49. The van der Waals surface area contributed by atoms with Crippen molar-refractivity contribution in [1.82, 2.24) is 20.4 Å². The zero-order valence-corrected chi connectivity index (χ0v) is 21.8. The molecule has 0 unspecified atom stereocenters. The number of fused-ring (bicyclic) bond motifs is 3. The van der Waals surface area contributed by atoms with Crippen LogP contribution in [0, 0.1) is 11.8 Å². The average molecular weight is 523 g/mol. The SMILES string of the molecule is O=C(N[C@H]1C[C@@H]2C[C@@H]2C[C@H]2CC[C@@H](C(=O)N[C@@H]3CCN(C4COC4)C3)N2C1=O)c1cc2ccccc2s1. The first-order valence-electron chi connectivity index (χ1n) is 13.8. The van der Waals surface area contributed by atoms with Crippen LogP contribution in [0.25, 0.3) is 10.1 Å². The van der Waals surface area contributed by atoms with Gasteiger partial charge in [-0.3, -0.25) is 19.3 Å². The standard InChI is InChI=1S/C28H34N4O4S/c33-26(29-19-7-8-31(13-19)21-14-36-15-21)23-6-5-20-10-17-9-18(17)11-22(28(35)32(20)23)30-27(34)25-12-16-3-1-2-4-24(16)37-25/h1-4,12,17-23H,5-11,13-15H2,(H,29,33)(H,30,34)/t17-,18+,19-,20-,22+,23+/m1/s1. The number of hydrogen-bond acceptors (Lipinski definition) is 6. The fraction of sp³-hybridized carbons (Fsp3) is 0.607. The van der Waals surface area contributed by atoms with Gasteiger partial charge in [0.1, 0.15) is 12.1 Å². The molecule has 1 aliphatic carbocycles. The van der Waals surface area contributed by atoms with Crippen LogP contribution in [0.1, 0.15) is 48.2 Å². The lowest BCUT2D eigenvalue weighted by Crippen LogP contribution is -2.57. The molecule has 37 heavy (non-hydrogen) atoms. The predicted molar refractivity (Wildman–Crippen MR) is 140 cm³/mol. The van der Waals surface area contributed by atoms with Crippen molar-refractivity contribution >= 4 is 39.1 Å². The summed E-state index contributed by atoms with van der Waals surface area (Å²) in [5, 5.41) is 7.38. The third-order valence-electron chi connectivity index (χ3n) is 9.20. The smallest absolute Gasteiger partial charge is 0.262 e. The molecule has 2 N–H and O–H groups in total. The first-order valence-corrected chi connectivity index (χ1v) is 14.6. The van der Waals surface area contributed by atoms with Crippen molar-refractivity contribution in [2.75, 3.05) is 26.3 Å². The second kappa shape index (κ2) is 9.36. The van der Waals surface area contributed by atoms with E-state index in [2.05, 4.69) is 15.5 Å². The molecule has 0 spiro atoms. The van der Waals surface area contributed by atoms with Gasteiger partial charge in [-0.25, -0.2) is 0 Å². The van der Waals surface area contributed by atoms with E-state index in [-0.39, 0.29) is 29.8 Å². The number of thiophene rings is 1. The number of nitrogens with one attached hydrogen (secondary N) is 2. The van der Waals surface area contributed by atoms with Gasteiger partial charge in [0, 0.05) is 29.9 Å². The number of nitrogens with zero attached hydrogens (tertiary/aromatic N) is 2. The molecule has 5 aliphatic rings. The van der Waals surface area contributed by atoms with Crippen LogP contribution in [-0.2, 0) is 14.3 Å². The van der Waals surface area contributed by atoms with Crippen molar-refractivity contribution in [3.63, 3.8) is 0 Å². The summed E-state index contributed by atoms with van der Waals surface area (Å²) in [7, 11) is 0. The van der Waals surface area contributed by atoms with Crippen LogP contribution in [0.15, 0.2) is 30.3 Å². The lowest BCUT2D eigenvalue weighted by atomic mass is 9.99.